The van der Waals surface area contributed by atoms with E-state index in [1.165, 1.54) is 11.5 Å². The van der Waals surface area contributed by atoms with Crippen molar-refractivity contribution >= 4 is 0 Å². The summed E-state index contributed by atoms with van der Waals surface area (Å²) >= 11 is 0. The maximum Gasteiger partial charge on any atom is 0.0240 e. The van der Waals surface area contributed by atoms with E-state index in [1.807, 2.05) is 0 Å². The van der Waals surface area contributed by atoms with Gasteiger partial charge in [-0.25, -0.2) is 0 Å². The Balaban J connectivity index is 2.25. The van der Waals surface area contributed by atoms with Crippen LogP contribution in [0.4, 0.5) is 0 Å². The van der Waals surface area contributed by atoms with Crippen LogP contribution in [0.25, 0.3) is 0 Å². The van der Waals surface area contributed by atoms with Gasteiger partial charge >= 0.3 is 0 Å². The fourth-order valence-electron chi connectivity index (χ4n) is 1.25. The minimum absolute atomic E-state index is 0.808. The normalized spacial score (nSPS) is 32.0. The highest BCUT2D eigenvalue weighted by Gasteiger charge is 2.10. The lowest BCUT2D eigenvalue weighted by Gasteiger charge is -2.09. The van der Waals surface area contributed by atoms with Crippen LogP contribution in [0.2, 0.25) is 0 Å². The first-order valence-corrected chi connectivity index (χ1v) is 3.73. The van der Waals surface area contributed by atoms with Gasteiger partial charge < -0.3 is 5.21 Å². The summed E-state index contributed by atoms with van der Waals surface area (Å²) < 4.78 is 0. The Bertz CT molecular complexity index is 75.0. The summed E-state index contributed by atoms with van der Waals surface area (Å²) in [5.41, 5.74) is 0. The lowest BCUT2D eigenvalue weighted by Crippen LogP contribution is -2.19. The fraction of sp³-hybridized carbons (Fsp3) is 1.00. The van der Waals surface area contributed by atoms with Crippen molar-refractivity contribution in [2.75, 3.05) is 13.1 Å². The van der Waals surface area contributed by atoms with Crippen LogP contribution in [0.3, 0.4) is 0 Å². The molecule has 0 aliphatic carbocycles. The van der Waals surface area contributed by atoms with Crippen LogP contribution in [0.15, 0.2) is 0 Å². The van der Waals surface area contributed by atoms with E-state index in [4.69, 9.17) is 5.21 Å². The summed E-state index contributed by atoms with van der Waals surface area (Å²) in [5.74, 6) is 0.808. The third-order valence-corrected chi connectivity index (χ3v) is 1.99. The number of hydrogen-bond acceptors (Lipinski definition) is 2. The lowest BCUT2D eigenvalue weighted by atomic mass is 10.0. The van der Waals surface area contributed by atoms with E-state index in [9.17, 15) is 0 Å². The minimum Gasteiger partial charge on any atom is -0.314 e. The summed E-state index contributed by atoms with van der Waals surface area (Å²) in [6, 6.07) is 0. The van der Waals surface area contributed by atoms with Crippen molar-refractivity contribution in [1.82, 2.24) is 5.06 Å². The second-order valence-electron chi connectivity index (χ2n) is 2.99. The molecule has 1 heterocycles. The standard InChI is InChI=1S/C7H15NO/c1-7-3-2-5-8(9)6-4-7/h7,9H,2-6H2,1H3. The van der Waals surface area contributed by atoms with Crippen molar-refractivity contribution < 1.29 is 5.21 Å². The van der Waals surface area contributed by atoms with Crippen LogP contribution in [0.1, 0.15) is 26.2 Å². The maximum atomic E-state index is 9.04. The molecular weight excluding hydrogens is 114 g/mol. The molecule has 1 N–H and O–H groups in total. The predicted octanol–water partition coefficient (Wildman–Crippen LogP) is 1.50. The van der Waals surface area contributed by atoms with Gasteiger partial charge in [-0.05, 0) is 25.2 Å². The molecule has 2 heteroatoms. The summed E-state index contributed by atoms with van der Waals surface area (Å²) in [6.45, 7) is 3.98. The van der Waals surface area contributed by atoms with E-state index in [1.54, 1.807) is 0 Å². The summed E-state index contributed by atoms with van der Waals surface area (Å²) in [7, 11) is 0. The average molecular weight is 129 g/mol. The molecular formula is C7H15NO. The third kappa shape index (κ3) is 2.33. The molecule has 9 heavy (non-hydrogen) atoms. The molecule has 0 aromatic carbocycles. The molecule has 0 saturated carbocycles. The van der Waals surface area contributed by atoms with Crippen LogP contribution >= 0.6 is 0 Å². The van der Waals surface area contributed by atoms with Gasteiger partial charge in [0.2, 0.25) is 0 Å². The molecule has 2 nitrogen and oxygen atoms in total. The molecule has 1 unspecified atom stereocenters. The lowest BCUT2D eigenvalue weighted by molar-refractivity contribution is -0.0879. The second-order valence-corrected chi connectivity index (χ2v) is 2.99. The third-order valence-electron chi connectivity index (χ3n) is 1.99. The van der Waals surface area contributed by atoms with Crippen molar-refractivity contribution in [3.05, 3.63) is 0 Å². The average Bonchev–Trinajstić information content (AvgIpc) is 1.97. The Kier molecular flexibility index (Phi) is 2.49. The zero-order valence-corrected chi connectivity index (χ0v) is 6.01. The predicted molar refractivity (Wildman–Crippen MR) is 36.4 cm³/mol. The molecule has 1 aliphatic heterocycles. The Labute approximate surface area is 56.4 Å². The van der Waals surface area contributed by atoms with Crippen LogP contribution in [-0.2, 0) is 0 Å². The first-order valence-electron chi connectivity index (χ1n) is 3.73. The molecule has 0 spiro atoms. The molecule has 0 amide bonds. The van der Waals surface area contributed by atoms with Gasteiger partial charge in [0.25, 0.3) is 0 Å². The Hall–Kier alpha value is -0.0800. The first-order chi connectivity index (χ1) is 4.29. The quantitative estimate of drug-likeness (QED) is 0.535. The van der Waals surface area contributed by atoms with E-state index in [2.05, 4.69) is 6.92 Å². The fourth-order valence-corrected chi connectivity index (χ4v) is 1.25. The summed E-state index contributed by atoms with van der Waals surface area (Å²) in [5, 5.41) is 10.5. The van der Waals surface area contributed by atoms with Gasteiger partial charge in [0.1, 0.15) is 0 Å². The Morgan fingerprint density at radius 1 is 1.33 bits per heavy atom. The molecule has 1 atom stereocenters. The highest BCUT2D eigenvalue weighted by Crippen LogP contribution is 2.14. The van der Waals surface area contributed by atoms with Gasteiger partial charge in [0.05, 0.1) is 0 Å². The van der Waals surface area contributed by atoms with Gasteiger partial charge in [-0.1, -0.05) is 6.92 Å². The van der Waals surface area contributed by atoms with E-state index in [-0.39, 0.29) is 0 Å². The van der Waals surface area contributed by atoms with Crippen LogP contribution < -0.4 is 0 Å². The van der Waals surface area contributed by atoms with Gasteiger partial charge in [-0.3, -0.25) is 0 Å². The maximum absolute atomic E-state index is 9.04. The number of hydroxylamine groups is 2. The molecule has 1 saturated heterocycles. The molecule has 1 rings (SSSR count). The minimum atomic E-state index is 0.808. The summed E-state index contributed by atoms with van der Waals surface area (Å²) in [4.78, 5) is 0. The largest absolute Gasteiger partial charge is 0.314 e. The van der Waals surface area contributed by atoms with E-state index < -0.39 is 0 Å². The van der Waals surface area contributed by atoms with Gasteiger partial charge in [-0.2, -0.15) is 5.06 Å². The van der Waals surface area contributed by atoms with Crippen LogP contribution in [0.5, 0.6) is 0 Å². The van der Waals surface area contributed by atoms with Crippen molar-refractivity contribution in [1.29, 1.82) is 0 Å². The highest BCUT2D eigenvalue weighted by atomic mass is 16.5. The number of rotatable bonds is 0. The zero-order valence-electron chi connectivity index (χ0n) is 6.01. The molecule has 1 fully saturated rings. The summed E-state index contributed by atoms with van der Waals surface area (Å²) in [6.07, 6.45) is 3.57. The van der Waals surface area contributed by atoms with Crippen molar-refractivity contribution in [2.24, 2.45) is 5.92 Å². The zero-order chi connectivity index (χ0) is 6.69. The van der Waals surface area contributed by atoms with Crippen molar-refractivity contribution in [3.8, 4) is 0 Å². The van der Waals surface area contributed by atoms with Gasteiger partial charge in [0, 0.05) is 13.1 Å². The SMILES string of the molecule is CC1CCCN(O)CC1. The van der Waals surface area contributed by atoms with E-state index >= 15 is 0 Å². The van der Waals surface area contributed by atoms with Crippen LogP contribution in [-0.4, -0.2) is 23.4 Å². The van der Waals surface area contributed by atoms with Crippen molar-refractivity contribution in [2.45, 2.75) is 26.2 Å². The Morgan fingerprint density at radius 3 is 2.89 bits per heavy atom. The first kappa shape index (κ1) is 7.03. The number of hydrogen-bond donors (Lipinski definition) is 1. The second kappa shape index (κ2) is 3.18. The molecule has 0 radical (unpaired) electrons. The van der Waals surface area contributed by atoms with Crippen molar-refractivity contribution in [3.63, 3.8) is 0 Å². The topological polar surface area (TPSA) is 23.5 Å². The molecule has 1 aliphatic rings. The molecule has 0 bridgehead atoms. The number of nitrogens with zero attached hydrogens (tertiary/aromatic N) is 1. The van der Waals surface area contributed by atoms with Crippen LogP contribution in [0, 0.1) is 5.92 Å². The monoisotopic (exact) mass is 129 g/mol. The molecule has 0 aromatic rings. The Morgan fingerprint density at radius 2 is 2.11 bits per heavy atom. The van der Waals surface area contributed by atoms with E-state index in [0.717, 1.165) is 31.8 Å². The molecule has 54 valence electrons. The van der Waals surface area contributed by atoms with E-state index in [0.29, 0.717) is 0 Å². The smallest absolute Gasteiger partial charge is 0.0240 e. The van der Waals surface area contributed by atoms with Gasteiger partial charge in [-0.15, -0.1) is 0 Å². The highest BCUT2D eigenvalue weighted by molar-refractivity contribution is 4.61. The van der Waals surface area contributed by atoms with Gasteiger partial charge in [0.15, 0.2) is 0 Å². The molecule has 0 aromatic heterocycles.